The van der Waals surface area contributed by atoms with E-state index >= 15 is 0 Å². The second-order valence-corrected chi connectivity index (χ2v) is 5.64. The summed E-state index contributed by atoms with van der Waals surface area (Å²) in [6.45, 7) is 1.83. The van der Waals surface area contributed by atoms with Crippen LogP contribution >= 0.6 is 0 Å². The molecule has 7 heteroatoms. The van der Waals surface area contributed by atoms with Gasteiger partial charge in [0, 0.05) is 11.4 Å². The maximum absolute atomic E-state index is 12.1. The maximum Gasteiger partial charge on any atom is 0.261 e. The molecule has 0 aliphatic carbocycles. The Morgan fingerprint density at radius 1 is 1.05 bits per heavy atom. The molecule has 4 N–H and O–H groups in total. The fourth-order valence-electron chi connectivity index (χ4n) is 1.47. The van der Waals surface area contributed by atoms with Gasteiger partial charge in [0.05, 0.1) is 16.8 Å². The standard InChI is InChI=1S/C12H14N4O2S/c1-9-2-3-11(8-14-9)16-19(17,18)12-6-4-10(15-13)5-7-12/h2-8,15-16H,13H2,1H3. The average Bonchev–Trinajstić information content (AvgIpc) is 2.41. The first-order chi connectivity index (χ1) is 9.01. The normalized spacial score (nSPS) is 11.1. The Morgan fingerprint density at radius 3 is 2.21 bits per heavy atom. The summed E-state index contributed by atoms with van der Waals surface area (Å²) < 4.78 is 26.6. The molecule has 6 nitrogen and oxygen atoms in total. The van der Waals surface area contributed by atoms with Crippen LogP contribution in [0.5, 0.6) is 0 Å². The van der Waals surface area contributed by atoms with Crippen LogP contribution in [0.2, 0.25) is 0 Å². The van der Waals surface area contributed by atoms with E-state index in [2.05, 4.69) is 15.1 Å². The van der Waals surface area contributed by atoms with Crippen LogP contribution in [-0.4, -0.2) is 13.4 Å². The van der Waals surface area contributed by atoms with Gasteiger partial charge in [-0.2, -0.15) is 0 Å². The van der Waals surface area contributed by atoms with Crippen molar-refractivity contribution in [3.05, 3.63) is 48.3 Å². The number of benzene rings is 1. The molecule has 0 unspecified atom stereocenters. The van der Waals surface area contributed by atoms with Gasteiger partial charge >= 0.3 is 0 Å². The molecule has 0 bridgehead atoms. The molecule has 2 aromatic rings. The van der Waals surface area contributed by atoms with E-state index in [-0.39, 0.29) is 4.90 Å². The van der Waals surface area contributed by atoms with Crippen LogP contribution in [0.1, 0.15) is 5.69 Å². The van der Waals surface area contributed by atoms with Gasteiger partial charge < -0.3 is 5.43 Å². The summed E-state index contributed by atoms with van der Waals surface area (Å²) >= 11 is 0. The number of sulfonamides is 1. The van der Waals surface area contributed by atoms with E-state index in [4.69, 9.17) is 5.84 Å². The second kappa shape index (κ2) is 5.25. The number of hydrogen-bond donors (Lipinski definition) is 3. The van der Waals surface area contributed by atoms with Crippen molar-refractivity contribution in [2.75, 3.05) is 10.1 Å². The summed E-state index contributed by atoms with van der Waals surface area (Å²) in [5, 5.41) is 0. The third-order valence-electron chi connectivity index (χ3n) is 2.49. The first-order valence-electron chi connectivity index (χ1n) is 5.53. The summed E-state index contributed by atoms with van der Waals surface area (Å²) in [6, 6.07) is 9.51. The Balaban J connectivity index is 2.24. The lowest BCUT2D eigenvalue weighted by molar-refractivity contribution is 0.601. The number of nitrogens with two attached hydrogens (primary N) is 1. The molecule has 0 fully saturated rings. The van der Waals surface area contributed by atoms with Crippen molar-refractivity contribution in [3.8, 4) is 0 Å². The number of nitrogens with one attached hydrogen (secondary N) is 2. The fourth-order valence-corrected chi connectivity index (χ4v) is 2.52. The van der Waals surface area contributed by atoms with Crippen LogP contribution in [0.15, 0.2) is 47.5 Å². The van der Waals surface area contributed by atoms with Gasteiger partial charge in [-0.05, 0) is 43.3 Å². The quantitative estimate of drug-likeness (QED) is 0.581. The third kappa shape index (κ3) is 3.21. The Morgan fingerprint density at radius 2 is 1.68 bits per heavy atom. The number of aryl methyl sites for hydroxylation is 1. The predicted molar refractivity (Wildman–Crippen MR) is 74.0 cm³/mol. The molecule has 100 valence electrons. The van der Waals surface area contributed by atoms with E-state index in [1.54, 1.807) is 24.3 Å². The topological polar surface area (TPSA) is 97.1 Å². The minimum atomic E-state index is -3.61. The van der Waals surface area contributed by atoms with E-state index in [0.717, 1.165) is 5.69 Å². The highest BCUT2D eigenvalue weighted by Crippen LogP contribution is 2.17. The molecule has 0 atom stereocenters. The number of anilines is 2. The minimum absolute atomic E-state index is 0.159. The highest BCUT2D eigenvalue weighted by molar-refractivity contribution is 7.92. The summed E-state index contributed by atoms with van der Waals surface area (Å²) in [5.41, 5.74) is 4.31. The molecule has 0 saturated heterocycles. The molecular weight excluding hydrogens is 264 g/mol. The Labute approximate surface area is 111 Å². The monoisotopic (exact) mass is 278 g/mol. The lowest BCUT2D eigenvalue weighted by Crippen LogP contribution is -2.13. The van der Waals surface area contributed by atoms with Gasteiger partial charge in [-0.15, -0.1) is 0 Å². The molecular formula is C12H14N4O2S. The van der Waals surface area contributed by atoms with Crippen molar-refractivity contribution >= 4 is 21.4 Å². The number of nitrogens with zero attached hydrogens (tertiary/aromatic N) is 1. The van der Waals surface area contributed by atoms with Crippen molar-refractivity contribution < 1.29 is 8.42 Å². The van der Waals surface area contributed by atoms with Gasteiger partial charge in [0.2, 0.25) is 0 Å². The van der Waals surface area contributed by atoms with Crippen LogP contribution in [0.3, 0.4) is 0 Å². The van der Waals surface area contributed by atoms with E-state index < -0.39 is 10.0 Å². The third-order valence-corrected chi connectivity index (χ3v) is 3.89. The Hall–Kier alpha value is -2.12. The van der Waals surface area contributed by atoms with E-state index in [1.807, 2.05) is 6.92 Å². The summed E-state index contributed by atoms with van der Waals surface area (Å²) in [4.78, 5) is 4.19. The smallest absolute Gasteiger partial charge is 0.261 e. The van der Waals surface area contributed by atoms with Crippen LogP contribution in [0.4, 0.5) is 11.4 Å². The van der Waals surface area contributed by atoms with Gasteiger partial charge in [-0.1, -0.05) is 0 Å². The van der Waals surface area contributed by atoms with Gasteiger partial charge in [0.25, 0.3) is 10.0 Å². The largest absolute Gasteiger partial charge is 0.324 e. The van der Waals surface area contributed by atoms with Gasteiger partial charge in [-0.3, -0.25) is 15.5 Å². The number of hydrazine groups is 1. The van der Waals surface area contributed by atoms with Crippen LogP contribution in [0.25, 0.3) is 0 Å². The predicted octanol–water partition coefficient (Wildman–Crippen LogP) is 1.48. The van der Waals surface area contributed by atoms with Crippen molar-refractivity contribution in [3.63, 3.8) is 0 Å². The first-order valence-corrected chi connectivity index (χ1v) is 7.02. The summed E-state index contributed by atoms with van der Waals surface area (Å²) in [7, 11) is -3.61. The molecule has 2 rings (SSSR count). The zero-order valence-electron chi connectivity index (χ0n) is 10.3. The molecule has 0 aliphatic rings. The second-order valence-electron chi connectivity index (χ2n) is 3.96. The fraction of sp³-hybridized carbons (Fsp3) is 0.0833. The molecule has 0 amide bonds. The number of hydrogen-bond acceptors (Lipinski definition) is 5. The average molecular weight is 278 g/mol. The van der Waals surface area contributed by atoms with E-state index in [0.29, 0.717) is 11.4 Å². The van der Waals surface area contributed by atoms with Crippen molar-refractivity contribution in [2.24, 2.45) is 5.84 Å². The highest BCUT2D eigenvalue weighted by atomic mass is 32.2. The van der Waals surface area contributed by atoms with E-state index in [1.165, 1.54) is 18.3 Å². The van der Waals surface area contributed by atoms with Gasteiger partial charge in [-0.25, -0.2) is 8.42 Å². The van der Waals surface area contributed by atoms with Crippen LogP contribution in [0, 0.1) is 6.92 Å². The lowest BCUT2D eigenvalue weighted by Gasteiger charge is -2.08. The number of pyridine rings is 1. The summed E-state index contributed by atoms with van der Waals surface area (Å²) in [5.74, 6) is 5.22. The Bertz CT molecular complexity index is 651. The molecule has 1 aromatic heterocycles. The number of aromatic nitrogens is 1. The first kappa shape index (κ1) is 13.3. The van der Waals surface area contributed by atoms with Gasteiger partial charge in [0.15, 0.2) is 0 Å². The molecule has 1 heterocycles. The number of nitrogen functional groups attached to an aromatic ring is 1. The van der Waals surface area contributed by atoms with Crippen LogP contribution < -0.4 is 16.0 Å². The van der Waals surface area contributed by atoms with Crippen molar-refractivity contribution in [1.29, 1.82) is 0 Å². The van der Waals surface area contributed by atoms with E-state index in [9.17, 15) is 8.42 Å². The summed E-state index contributed by atoms with van der Waals surface area (Å²) in [6.07, 6.45) is 1.47. The van der Waals surface area contributed by atoms with Crippen molar-refractivity contribution in [2.45, 2.75) is 11.8 Å². The van der Waals surface area contributed by atoms with Gasteiger partial charge in [0.1, 0.15) is 0 Å². The maximum atomic E-state index is 12.1. The number of rotatable bonds is 4. The lowest BCUT2D eigenvalue weighted by atomic mass is 10.3. The molecule has 1 aromatic carbocycles. The molecule has 0 aliphatic heterocycles. The van der Waals surface area contributed by atoms with Crippen LogP contribution in [-0.2, 0) is 10.0 Å². The molecule has 19 heavy (non-hydrogen) atoms. The highest BCUT2D eigenvalue weighted by Gasteiger charge is 2.13. The minimum Gasteiger partial charge on any atom is -0.324 e. The SMILES string of the molecule is Cc1ccc(NS(=O)(=O)c2ccc(NN)cc2)cn1. The molecule has 0 saturated carbocycles. The zero-order valence-corrected chi connectivity index (χ0v) is 11.1. The molecule has 0 radical (unpaired) electrons. The molecule has 0 spiro atoms. The zero-order chi connectivity index (χ0) is 13.9. The van der Waals surface area contributed by atoms with Crippen molar-refractivity contribution in [1.82, 2.24) is 4.98 Å². The Kier molecular flexibility index (Phi) is 3.68.